The van der Waals surface area contributed by atoms with Gasteiger partial charge in [0.1, 0.15) is 6.29 Å². The third-order valence-corrected chi connectivity index (χ3v) is 3.56. The maximum absolute atomic E-state index is 10.5. The molecule has 2 nitrogen and oxygen atoms in total. The molecule has 0 aliphatic heterocycles. The van der Waals surface area contributed by atoms with E-state index in [0.29, 0.717) is 6.42 Å². The fraction of sp³-hybridized carbons (Fsp3) is 0.650. The second-order valence-corrected chi connectivity index (χ2v) is 7.70. The largest absolute Gasteiger partial charge is 0.385 e. The van der Waals surface area contributed by atoms with E-state index in [1.165, 1.54) is 16.7 Å². The van der Waals surface area contributed by atoms with Crippen LogP contribution >= 0.6 is 0 Å². The summed E-state index contributed by atoms with van der Waals surface area (Å²) in [6, 6.07) is 6.81. The van der Waals surface area contributed by atoms with Gasteiger partial charge in [0.15, 0.2) is 0 Å². The van der Waals surface area contributed by atoms with Gasteiger partial charge < -0.3 is 9.53 Å². The van der Waals surface area contributed by atoms with Crippen LogP contribution in [-0.4, -0.2) is 20.0 Å². The van der Waals surface area contributed by atoms with Crippen molar-refractivity contribution in [3.8, 4) is 0 Å². The minimum absolute atomic E-state index is 0.150. The SMILES string of the molecule is CC(C)(C)c1cc(CCC=O)cc(C(C)(C)C)c1.CCOC. The molecule has 0 N–H and O–H groups in total. The molecule has 0 unspecified atom stereocenters. The summed E-state index contributed by atoms with van der Waals surface area (Å²) in [5.74, 6) is 0. The summed E-state index contributed by atoms with van der Waals surface area (Å²) in [6.07, 6.45) is 2.45. The minimum Gasteiger partial charge on any atom is -0.385 e. The number of carbonyl (C=O) groups is 1. The average Bonchev–Trinajstić information content (AvgIpc) is 2.43. The first-order valence-corrected chi connectivity index (χ1v) is 8.13. The molecule has 0 saturated carbocycles. The van der Waals surface area contributed by atoms with Gasteiger partial charge in [0.2, 0.25) is 0 Å². The van der Waals surface area contributed by atoms with Crippen molar-refractivity contribution >= 4 is 6.29 Å². The summed E-state index contributed by atoms with van der Waals surface area (Å²) < 4.78 is 4.54. The number of hydrogen-bond donors (Lipinski definition) is 0. The molecule has 0 atom stereocenters. The highest BCUT2D eigenvalue weighted by molar-refractivity contribution is 5.50. The highest BCUT2D eigenvalue weighted by Crippen LogP contribution is 2.30. The molecule has 0 saturated heterocycles. The zero-order valence-corrected chi connectivity index (χ0v) is 15.7. The number of rotatable bonds is 4. The highest BCUT2D eigenvalue weighted by atomic mass is 16.5. The molecule has 0 aromatic heterocycles. The van der Waals surface area contributed by atoms with Gasteiger partial charge in [-0.2, -0.15) is 0 Å². The number of carbonyl (C=O) groups excluding carboxylic acids is 1. The molecule has 22 heavy (non-hydrogen) atoms. The van der Waals surface area contributed by atoms with E-state index in [2.05, 4.69) is 64.5 Å². The second kappa shape index (κ2) is 9.09. The normalized spacial score (nSPS) is 11.6. The molecule has 0 aliphatic rings. The van der Waals surface area contributed by atoms with Crippen molar-refractivity contribution in [3.05, 3.63) is 34.9 Å². The van der Waals surface area contributed by atoms with Gasteiger partial charge in [0, 0.05) is 20.1 Å². The van der Waals surface area contributed by atoms with E-state index in [0.717, 1.165) is 19.3 Å². The Hall–Kier alpha value is -1.15. The van der Waals surface area contributed by atoms with Gasteiger partial charge >= 0.3 is 0 Å². The Morgan fingerprint density at radius 1 is 0.955 bits per heavy atom. The summed E-state index contributed by atoms with van der Waals surface area (Å²) in [4.78, 5) is 10.5. The molecule has 0 bridgehead atoms. The zero-order chi connectivity index (χ0) is 17.4. The molecule has 0 radical (unpaired) electrons. The van der Waals surface area contributed by atoms with E-state index in [1.807, 2.05) is 6.92 Å². The Morgan fingerprint density at radius 3 is 1.64 bits per heavy atom. The monoisotopic (exact) mass is 306 g/mol. The van der Waals surface area contributed by atoms with Crippen LogP contribution in [-0.2, 0) is 26.8 Å². The third kappa shape index (κ3) is 7.74. The number of hydrogen-bond acceptors (Lipinski definition) is 2. The summed E-state index contributed by atoms with van der Waals surface area (Å²) in [6.45, 7) is 16.2. The summed E-state index contributed by atoms with van der Waals surface area (Å²) in [7, 11) is 1.68. The molecule has 1 aromatic carbocycles. The predicted molar refractivity (Wildman–Crippen MR) is 95.8 cm³/mol. The van der Waals surface area contributed by atoms with Gasteiger partial charge in [-0.05, 0) is 40.9 Å². The van der Waals surface area contributed by atoms with Gasteiger partial charge in [0.05, 0.1) is 0 Å². The van der Waals surface area contributed by atoms with Gasteiger partial charge in [-0.25, -0.2) is 0 Å². The Kier molecular flexibility index (Phi) is 8.62. The third-order valence-electron chi connectivity index (χ3n) is 3.56. The Morgan fingerprint density at radius 2 is 1.36 bits per heavy atom. The molecule has 0 heterocycles. The second-order valence-electron chi connectivity index (χ2n) is 7.70. The molecule has 2 heteroatoms. The van der Waals surface area contributed by atoms with E-state index in [-0.39, 0.29) is 10.8 Å². The standard InChI is InChI=1S/C17H26O.C3H8O/c1-16(2,3)14-10-13(8-7-9-18)11-15(12-14)17(4,5)6;1-3-4-2/h9-12H,7-8H2,1-6H3;3H2,1-2H3. The van der Waals surface area contributed by atoms with Crippen LogP contribution in [0.3, 0.4) is 0 Å². The van der Waals surface area contributed by atoms with Crippen molar-refractivity contribution in [2.75, 3.05) is 13.7 Å². The van der Waals surface area contributed by atoms with E-state index in [9.17, 15) is 4.79 Å². The molecular formula is C20H34O2. The molecule has 0 aliphatic carbocycles. The first kappa shape index (κ1) is 20.9. The lowest BCUT2D eigenvalue weighted by molar-refractivity contribution is -0.107. The topological polar surface area (TPSA) is 26.3 Å². The first-order chi connectivity index (χ1) is 10.1. The highest BCUT2D eigenvalue weighted by Gasteiger charge is 2.20. The van der Waals surface area contributed by atoms with Crippen LogP contribution in [0.15, 0.2) is 18.2 Å². The fourth-order valence-electron chi connectivity index (χ4n) is 1.93. The lowest BCUT2D eigenvalue weighted by Crippen LogP contribution is -2.17. The molecule has 0 fully saturated rings. The summed E-state index contributed by atoms with van der Waals surface area (Å²) >= 11 is 0. The summed E-state index contributed by atoms with van der Waals surface area (Å²) in [5.41, 5.74) is 4.29. The number of ether oxygens (including phenoxy) is 1. The van der Waals surface area contributed by atoms with Crippen molar-refractivity contribution in [2.24, 2.45) is 0 Å². The molecule has 0 amide bonds. The molecule has 126 valence electrons. The van der Waals surface area contributed by atoms with E-state index < -0.39 is 0 Å². The lowest BCUT2D eigenvalue weighted by Gasteiger charge is -2.26. The fourth-order valence-corrected chi connectivity index (χ4v) is 1.93. The van der Waals surface area contributed by atoms with Crippen LogP contribution in [0.25, 0.3) is 0 Å². The van der Waals surface area contributed by atoms with Crippen molar-refractivity contribution in [2.45, 2.75) is 72.1 Å². The Labute approximate surface area is 137 Å². The van der Waals surface area contributed by atoms with Crippen LogP contribution in [0.5, 0.6) is 0 Å². The van der Waals surface area contributed by atoms with Crippen molar-refractivity contribution in [3.63, 3.8) is 0 Å². The van der Waals surface area contributed by atoms with Crippen LogP contribution in [0.2, 0.25) is 0 Å². The summed E-state index contributed by atoms with van der Waals surface area (Å²) in [5, 5.41) is 0. The average molecular weight is 306 g/mol. The van der Waals surface area contributed by atoms with Gasteiger partial charge in [0.25, 0.3) is 0 Å². The van der Waals surface area contributed by atoms with E-state index in [4.69, 9.17) is 0 Å². The van der Waals surface area contributed by atoms with Gasteiger partial charge in [-0.1, -0.05) is 59.7 Å². The Bertz CT molecular complexity index is 414. The van der Waals surface area contributed by atoms with Crippen LogP contribution in [0.1, 0.15) is 71.6 Å². The van der Waals surface area contributed by atoms with Crippen LogP contribution < -0.4 is 0 Å². The zero-order valence-electron chi connectivity index (χ0n) is 15.7. The number of aldehydes is 1. The molecule has 1 rings (SSSR count). The van der Waals surface area contributed by atoms with Crippen LogP contribution in [0.4, 0.5) is 0 Å². The molecule has 1 aromatic rings. The smallest absolute Gasteiger partial charge is 0.120 e. The first-order valence-electron chi connectivity index (χ1n) is 8.13. The van der Waals surface area contributed by atoms with Crippen molar-refractivity contribution in [1.29, 1.82) is 0 Å². The quantitative estimate of drug-likeness (QED) is 0.726. The van der Waals surface area contributed by atoms with E-state index >= 15 is 0 Å². The van der Waals surface area contributed by atoms with Crippen molar-refractivity contribution in [1.82, 2.24) is 0 Å². The van der Waals surface area contributed by atoms with Gasteiger partial charge in [-0.15, -0.1) is 0 Å². The molecule has 0 spiro atoms. The predicted octanol–water partition coefficient (Wildman–Crippen LogP) is 5.07. The number of methoxy groups -OCH3 is 1. The number of benzene rings is 1. The number of aryl methyl sites for hydroxylation is 1. The molecular weight excluding hydrogens is 272 g/mol. The Balaban J connectivity index is 0.000000980. The minimum atomic E-state index is 0.150. The van der Waals surface area contributed by atoms with Crippen LogP contribution in [0, 0.1) is 0 Å². The maximum Gasteiger partial charge on any atom is 0.120 e. The maximum atomic E-state index is 10.5. The lowest BCUT2D eigenvalue weighted by atomic mass is 9.79. The van der Waals surface area contributed by atoms with Crippen molar-refractivity contribution < 1.29 is 9.53 Å². The van der Waals surface area contributed by atoms with E-state index in [1.54, 1.807) is 7.11 Å². The van der Waals surface area contributed by atoms with Gasteiger partial charge in [-0.3, -0.25) is 0 Å².